The predicted molar refractivity (Wildman–Crippen MR) is 91.7 cm³/mol. The molecule has 0 unspecified atom stereocenters. The minimum Gasteiger partial charge on any atom is -0.466 e. The molecule has 6 nitrogen and oxygen atoms in total. The van der Waals surface area contributed by atoms with Gasteiger partial charge in [0.25, 0.3) is 0 Å². The lowest BCUT2D eigenvalue weighted by molar-refractivity contribution is -0.140. The average molecular weight is 349 g/mol. The number of carbonyl (C=O) groups excluding carboxylic acids is 2. The Morgan fingerprint density at radius 1 is 1.29 bits per heavy atom. The summed E-state index contributed by atoms with van der Waals surface area (Å²) in [6.45, 7) is 3.85. The number of benzene rings is 1. The van der Waals surface area contributed by atoms with Crippen molar-refractivity contribution in [3.8, 4) is 0 Å². The molecule has 0 aromatic heterocycles. The lowest BCUT2D eigenvalue weighted by atomic mass is 10.1. The van der Waals surface area contributed by atoms with Crippen LogP contribution in [0.15, 0.2) is 53.1 Å². The van der Waals surface area contributed by atoms with Gasteiger partial charge in [-0.2, -0.15) is 0 Å². The molecule has 0 saturated heterocycles. The van der Waals surface area contributed by atoms with E-state index in [9.17, 15) is 9.59 Å². The van der Waals surface area contributed by atoms with Gasteiger partial charge in [0.2, 0.25) is 0 Å². The zero-order chi connectivity index (χ0) is 17.5. The number of nitrogens with zero attached hydrogens (tertiary/aromatic N) is 1. The Kier molecular flexibility index (Phi) is 6.45. The van der Waals surface area contributed by atoms with Crippen LogP contribution in [0.2, 0.25) is 0 Å². The smallest absolute Gasteiger partial charge is 0.355 e. The van der Waals surface area contributed by atoms with Gasteiger partial charge in [-0.05, 0) is 12.1 Å². The van der Waals surface area contributed by atoms with Gasteiger partial charge in [0.05, 0.1) is 32.1 Å². The zero-order valence-corrected chi connectivity index (χ0v) is 14.4. The standard InChI is InChI=1S/C17H19NO5S/c1-4-9-24-14-8-6-5-7-13(14)18-11-23-10-12(16(19)21-2)15(18)17(20)22-3/h4-8H,1,9-11H2,2-3H3. The van der Waals surface area contributed by atoms with E-state index in [1.165, 1.54) is 14.2 Å². The molecule has 0 bridgehead atoms. The maximum absolute atomic E-state index is 12.3. The molecule has 1 aromatic carbocycles. The average Bonchev–Trinajstić information content (AvgIpc) is 2.64. The number of carbonyl (C=O) groups is 2. The van der Waals surface area contributed by atoms with Crippen molar-refractivity contribution in [2.75, 3.05) is 38.2 Å². The second kappa shape index (κ2) is 8.56. The van der Waals surface area contributed by atoms with Gasteiger partial charge < -0.3 is 19.1 Å². The van der Waals surface area contributed by atoms with Crippen molar-refractivity contribution >= 4 is 29.4 Å². The highest BCUT2D eigenvalue weighted by atomic mass is 32.2. The van der Waals surface area contributed by atoms with E-state index < -0.39 is 11.9 Å². The lowest BCUT2D eigenvalue weighted by Gasteiger charge is -2.32. The number of hydrogen-bond donors (Lipinski definition) is 0. The first-order chi connectivity index (χ1) is 11.6. The number of rotatable bonds is 6. The normalized spacial score (nSPS) is 14.3. The van der Waals surface area contributed by atoms with Crippen LogP contribution in [0.1, 0.15) is 0 Å². The fourth-order valence-electron chi connectivity index (χ4n) is 2.28. The van der Waals surface area contributed by atoms with E-state index >= 15 is 0 Å². The maximum atomic E-state index is 12.3. The number of hydrogen-bond acceptors (Lipinski definition) is 7. The number of anilines is 1. The minimum absolute atomic E-state index is 0.00439. The van der Waals surface area contributed by atoms with Gasteiger partial charge in [-0.1, -0.05) is 18.2 Å². The molecule has 1 aromatic rings. The van der Waals surface area contributed by atoms with E-state index in [4.69, 9.17) is 14.2 Å². The predicted octanol–water partition coefficient (Wildman–Crippen LogP) is 2.36. The highest BCUT2D eigenvalue weighted by molar-refractivity contribution is 7.99. The molecule has 7 heteroatoms. The first-order valence-corrected chi connectivity index (χ1v) is 8.20. The van der Waals surface area contributed by atoms with E-state index in [0.717, 1.165) is 10.6 Å². The number of para-hydroxylation sites is 1. The van der Waals surface area contributed by atoms with Gasteiger partial charge in [-0.25, -0.2) is 9.59 Å². The van der Waals surface area contributed by atoms with Crippen molar-refractivity contribution in [3.63, 3.8) is 0 Å². The topological polar surface area (TPSA) is 65.1 Å². The number of esters is 2. The molecule has 0 amide bonds. The fourth-order valence-corrected chi connectivity index (χ4v) is 3.08. The van der Waals surface area contributed by atoms with E-state index in [1.54, 1.807) is 22.7 Å². The molecule has 2 rings (SSSR count). The fraction of sp³-hybridized carbons (Fsp3) is 0.294. The van der Waals surface area contributed by atoms with Gasteiger partial charge in [0.1, 0.15) is 12.4 Å². The van der Waals surface area contributed by atoms with Crippen LogP contribution in [0.3, 0.4) is 0 Å². The molecule has 0 spiro atoms. The van der Waals surface area contributed by atoms with E-state index in [0.29, 0.717) is 5.75 Å². The van der Waals surface area contributed by atoms with Crippen LogP contribution < -0.4 is 4.90 Å². The third-order valence-corrected chi connectivity index (χ3v) is 4.40. The van der Waals surface area contributed by atoms with Crippen LogP contribution in [0.25, 0.3) is 0 Å². The van der Waals surface area contributed by atoms with Gasteiger partial charge >= 0.3 is 11.9 Å². The van der Waals surface area contributed by atoms with Crippen LogP contribution in [0.4, 0.5) is 5.69 Å². The quantitative estimate of drug-likeness (QED) is 0.444. The van der Waals surface area contributed by atoms with Crippen LogP contribution in [0, 0.1) is 0 Å². The summed E-state index contributed by atoms with van der Waals surface area (Å²) in [6, 6.07) is 7.56. The van der Waals surface area contributed by atoms with Crippen LogP contribution >= 0.6 is 11.8 Å². The Labute approximate surface area is 145 Å². The summed E-state index contributed by atoms with van der Waals surface area (Å²) in [5.41, 5.74) is 1.03. The highest BCUT2D eigenvalue weighted by Gasteiger charge is 2.33. The first kappa shape index (κ1) is 18.1. The van der Waals surface area contributed by atoms with Crippen molar-refractivity contribution in [1.82, 2.24) is 0 Å². The summed E-state index contributed by atoms with van der Waals surface area (Å²) in [5, 5.41) is 0. The van der Waals surface area contributed by atoms with Crippen molar-refractivity contribution in [3.05, 3.63) is 48.2 Å². The van der Waals surface area contributed by atoms with Crippen molar-refractivity contribution < 1.29 is 23.8 Å². The molecular formula is C17H19NO5S. The van der Waals surface area contributed by atoms with E-state index in [2.05, 4.69) is 6.58 Å². The van der Waals surface area contributed by atoms with Crippen LogP contribution in [-0.4, -0.2) is 45.2 Å². The van der Waals surface area contributed by atoms with Crippen LogP contribution in [0.5, 0.6) is 0 Å². The molecule has 0 radical (unpaired) electrons. The summed E-state index contributed by atoms with van der Waals surface area (Å²) in [7, 11) is 2.54. The van der Waals surface area contributed by atoms with Gasteiger partial charge in [0, 0.05) is 10.6 Å². The summed E-state index contributed by atoms with van der Waals surface area (Å²) >= 11 is 1.57. The van der Waals surface area contributed by atoms with Crippen molar-refractivity contribution in [1.29, 1.82) is 0 Å². The van der Waals surface area contributed by atoms with E-state index in [1.807, 2.05) is 24.3 Å². The third-order valence-electron chi connectivity index (χ3n) is 3.35. The number of ether oxygens (including phenoxy) is 3. The van der Waals surface area contributed by atoms with Gasteiger partial charge in [-0.3, -0.25) is 0 Å². The summed E-state index contributed by atoms with van der Waals surface area (Å²) in [5.74, 6) is -0.508. The summed E-state index contributed by atoms with van der Waals surface area (Å²) in [6.07, 6.45) is 1.80. The Morgan fingerprint density at radius 3 is 2.67 bits per heavy atom. The Balaban J connectivity index is 2.53. The number of thioether (sulfide) groups is 1. The molecule has 0 atom stereocenters. The third kappa shape index (κ3) is 3.80. The molecule has 0 fully saturated rings. The zero-order valence-electron chi connectivity index (χ0n) is 13.6. The molecule has 0 saturated carbocycles. The first-order valence-electron chi connectivity index (χ1n) is 7.21. The Bertz CT molecular complexity index is 671. The molecule has 1 aliphatic rings. The van der Waals surface area contributed by atoms with Crippen LogP contribution in [-0.2, 0) is 23.8 Å². The van der Waals surface area contributed by atoms with Gasteiger partial charge in [-0.15, -0.1) is 18.3 Å². The summed E-state index contributed by atoms with van der Waals surface area (Å²) in [4.78, 5) is 26.9. The largest absolute Gasteiger partial charge is 0.466 e. The molecule has 24 heavy (non-hydrogen) atoms. The Morgan fingerprint density at radius 2 is 2.00 bits per heavy atom. The van der Waals surface area contributed by atoms with Crippen molar-refractivity contribution in [2.45, 2.75) is 4.90 Å². The monoisotopic (exact) mass is 349 g/mol. The summed E-state index contributed by atoms with van der Waals surface area (Å²) < 4.78 is 15.1. The SMILES string of the molecule is C=CCSc1ccccc1N1COCC(C(=O)OC)=C1C(=O)OC. The molecule has 1 aliphatic heterocycles. The molecule has 0 aliphatic carbocycles. The number of methoxy groups -OCH3 is 2. The maximum Gasteiger partial charge on any atom is 0.355 e. The molecule has 0 N–H and O–H groups in total. The van der Waals surface area contributed by atoms with Gasteiger partial charge in [0.15, 0.2) is 0 Å². The van der Waals surface area contributed by atoms with Crippen molar-refractivity contribution in [2.24, 2.45) is 0 Å². The van der Waals surface area contributed by atoms with E-state index in [-0.39, 0.29) is 24.6 Å². The molecule has 128 valence electrons. The Hall–Kier alpha value is -2.25. The highest BCUT2D eigenvalue weighted by Crippen LogP contribution is 2.34. The molecule has 1 heterocycles. The minimum atomic E-state index is -0.615. The lowest BCUT2D eigenvalue weighted by Crippen LogP contribution is -2.39. The second-order valence-electron chi connectivity index (χ2n) is 4.78. The molecular weight excluding hydrogens is 330 g/mol. The second-order valence-corrected chi connectivity index (χ2v) is 5.85.